The number of carbonyl (C=O) groups excluding carboxylic acids is 4. The highest BCUT2D eigenvalue weighted by Crippen LogP contribution is 2.45. The van der Waals surface area contributed by atoms with Crippen molar-refractivity contribution in [1.29, 1.82) is 0 Å². The number of hydrogen-bond donors (Lipinski definition) is 3. The molecule has 1 saturated heterocycles. The number of sulfonamides is 1. The van der Waals surface area contributed by atoms with Crippen molar-refractivity contribution in [2.75, 3.05) is 13.2 Å². The number of hydrogen-bond acceptors (Lipinski definition) is 9. The van der Waals surface area contributed by atoms with Gasteiger partial charge in [-0.1, -0.05) is 51.1 Å². The highest BCUT2D eigenvalue weighted by molar-refractivity contribution is 7.91. The van der Waals surface area contributed by atoms with E-state index in [0.717, 1.165) is 29.2 Å². The summed E-state index contributed by atoms with van der Waals surface area (Å²) in [7, 11) is -3.88. The van der Waals surface area contributed by atoms with E-state index in [1.807, 2.05) is 30.3 Å². The molecule has 5 atom stereocenters. The molecule has 3 heterocycles. The van der Waals surface area contributed by atoms with Gasteiger partial charge in [0, 0.05) is 23.9 Å². The number of carbonyl (C=O) groups is 4. The standard InChI is InChI=1S/C36H45N5O8S/c1-5-24-20-36(24,33(44)40-50(46,47)26-13-14-26)39-30(42)28-19-25-21-41(28)32(43)29(35(2,3)4)38-34(45)48-17-9-7-6-8-10-22-11-12-23-15-16-37-31(49-25)27(23)18-22/h5,8,10-12,15-16,18,24-26,28-29H,1,6-7,9,13-14,17,19-21H2,2-4H3,(H,38,45)(H,39,42)(H,40,44)/b10-8+/t24-,25-,28+,29-,36-/m1/s1. The van der Waals surface area contributed by atoms with Crippen LogP contribution in [0.2, 0.25) is 0 Å². The molecule has 13 nitrogen and oxygen atoms in total. The Kier molecular flexibility index (Phi) is 9.68. The number of nitrogens with one attached hydrogen (secondary N) is 3. The maximum atomic E-state index is 14.4. The first-order chi connectivity index (χ1) is 23.7. The maximum Gasteiger partial charge on any atom is 0.407 e. The number of rotatable bonds is 6. The van der Waals surface area contributed by atoms with Crippen molar-refractivity contribution in [2.45, 2.75) is 94.7 Å². The molecule has 0 spiro atoms. The van der Waals surface area contributed by atoms with Crippen molar-refractivity contribution in [3.8, 4) is 5.88 Å². The lowest BCUT2D eigenvalue weighted by Crippen LogP contribution is -2.60. The average Bonchev–Trinajstić information content (AvgIpc) is 3.99. The van der Waals surface area contributed by atoms with Gasteiger partial charge in [-0.05, 0) is 67.0 Å². The number of ether oxygens (including phenoxy) is 2. The predicted molar refractivity (Wildman–Crippen MR) is 186 cm³/mol. The Morgan fingerprint density at radius 3 is 2.64 bits per heavy atom. The molecule has 0 unspecified atom stereocenters. The number of benzene rings is 1. The van der Waals surface area contributed by atoms with E-state index >= 15 is 0 Å². The van der Waals surface area contributed by atoms with Crippen LogP contribution in [0.25, 0.3) is 16.8 Å². The fraction of sp³-hybridized carbons (Fsp3) is 0.528. The van der Waals surface area contributed by atoms with Crippen LogP contribution in [0.5, 0.6) is 5.88 Å². The number of nitrogens with zero attached hydrogens (tertiary/aromatic N) is 2. The van der Waals surface area contributed by atoms with Crippen LogP contribution in [-0.4, -0.2) is 84.2 Å². The van der Waals surface area contributed by atoms with Gasteiger partial charge in [0.15, 0.2) is 0 Å². The number of fused-ring (bicyclic) bond motifs is 3. The number of alkyl carbamates (subject to hydrolysis) is 1. The minimum atomic E-state index is -3.88. The number of cyclic esters (lactones) is 1. The summed E-state index contributed by atoms with van der Waals surface area (Å²) in [5.41, 5.74) is -1.37. The van der Waals surface area contributed by atoms with Crippen LogP contribution in [-0.2, 0) is 29.1 Å². The largest absolute Gasteiger partial charge is 0.472 e. The molecule has 14 heteroatoms. The molecule has 4 bridgehead atoms. The zero-order chi connectivity index (χ0) is 35.8. The second kappa shape index (κ2) is 13.7. The molecule has 50 heavy (non-hydrogen) atoms. The van der Waals surface area contributed by atoms with Crippen molar-refractivity contribution in [3.63, 3.8) is 0 Å². The minimum absolute atomic E-state index is 0.0158. The molecule has 2 aliphatic carbocycles. The zero-order valence-corrected chi connectivity index (χ0v) is 29.5. The molecule has 3 N–H and O–H groups in total. The van der Waals surface area contributed by atoms with Crippen molar-refractivity contribution in [1.82, 2.24) is 25.2 Å². The van der Waals surface area contributed by atoms with Gasteiger partial charge in [-0.2, -0.15) is 0 Å². The molecule has 6 rings (SSSR count). The summed E-state index contributed by atoms with van der Waals surface area (Å²) in [4.78, 5) is 60.8. The first-order valence-corrected chi connectivity index (χ1v) is 18.7. The van der Waals surface area contributed by atoms with Gasteiger partial charge in [0.2, 0.25) is 27.7 Å². The van der Waals surface area contributed by atoms with Crippen molar-refractivity contribution >= 4 is 50.7 Å². The minimum Gasteiger partial charge on any atom is -0.472 e. The Morgan fingerprint density at radius 2 is 1.94 bits per heavy atom. The van der Waals surface area contributed by atoms with Gasteiger partial charge in [-0.25, -0.2) is 18.2 Å². The molecular weight excluding hydrogens is 662 g/mol. The second-order valence-electron chi connectivity index (χ2n) is 14.7. The van der Waals surface area contributed by atoms with Crippen LogP contribution >= 0.6 is 0 Å². The smallest absolute Gasteiger partial charge is 0.407 e. The van der Waals surface area contributed by atoms with Gasteiger partial charge in [-0.15, -0.1) is 6.58 Å². The summed E-state index contributed by atoms with van der Waals surface area (Å²) in [6, 6.07) is 5.64. The van der Waals surface area contributed by atoms with E-state index in [-0.39, 0.29) is 26.0 Å². The van der Waals surface area contributed by atoms with Crippen LogP contribution in [0.4, 0.5) is 4.79 Å². The molecule has 2 aromatic rings. The summed E-state index contributed by atoms with van der Waals surface area (Å²) >= 11 is 0. The monoisotopic (exact) mass is 707 g/mol. The lowest BCUT2D eigenvalue weighted by molar-refractivity contribution is -0.142. The van der Waals surface area contributed by atoms with E-state index in [4.69, 9.17) is 9.47 Å². The van der Waals surface area contributed by atoms with Crippen LogP contribution in [0, 0.1) is 11.3 Å². The van der Waals surface area contributed by atoms with Crippen LogP contribution in [0.1, 0.15) is 71.3 Å². The topological polar surface area (TPSA) is 173 Å². The SMILES string of the molecule is C=C[C@@H]1C[C@]1(NC(=O)[C@@H]1C[C@@H]2CN1C(=O)[C@H](C(C)(C)C)NC(=O)OCCCC/C=C/c1ccc3ccnc(c3c1)O2)C(=O)NS(=O)(=O)C1CC1. The van der Waals surface area contributed by atoms with E-state index in [9.17, 15) is 27.6 Å². The normalized spacial score (nSPS) is 28.3. The molecule has 4 aliphatic rings. The number of amides is 4. The fourth-order valence-corrected chi connectivity index (χ4v) is 8.00. The Balaban J connectivity index is 1.33. The molecule has 2 saturated carbocycles. The quantitative estimate of drug-likeness (QED) is 0.380. The molecule has 4 amide bonds. The first kappa shape index (κ1) is 35.4. The molecule has 2 aliphatic heterocycles. The van der Waals surface area contributed by atoms with Crippen LogP contribution in [0.3, 0.4) is 0 Å². The van der Waals surface area contributed by atoms with E-state index in [2.05, 4.69) is 33.0 Å². The third-order valence-electron chi connectivity index (χ3n) is 9.81. The van der Waals surface area contributed by atoms with Gasteiger partial charge < -0.3 is 25.0 Å². The summed E-state index contributed by atoms with van der Waals surface area (Å²) in [6.07, 6.45) is 9.13. The highest BCUT2D eigenvalue weighted by Gasteiger charge is 2.62. The Bertz CT molecular complexity index is 1830. The van der Waals surface area contributed by atoms with Gasteiger partial charge in [-0.3, -0.25) is 19.1 Å². The molecule has 3 fully saturated rings. The summed E-state index contributed by atoms with van der Waals surface area (Å²) in [5, 5.41) is 6.56. The third-order valence-corrected chi connectivity index (χ3v) is 11.6. The first-order valence-electron chi connectivity index (χ1n) is 17.2. The zero-order valence-electron chi connectivity index (χ0n) is 28.6. The lowest BCUT2D eigenvalue weighted by atomic mass is 9.85. The van der Waals surface area contributed by atoms with E-state index in [1.165, 1.54) is 11.0 Å². The van der Waals surface area contributed by atoms with Gasteiger partial charge in [0.05, 0.1) is 18.4 Å². The van der Waals surface area contributed by atoms with Gasteiger partial charge in [0.1, 0.15) is 23.7 Å². The number of allylic oxidation sites excluding steroid dienone is 1. The lowest BCUT2D eigenvalue weighted by Gasteiger charge is -2.35. The van der Waals surface area contributed by atoms with E-state index in [0.29, 0.717) is 25.1 Å². The average molecular weight is 708 g/mol. The fourth-order valence-electron chi connectivity index (χ4n) is 6.63. The maximum absolute atomic E-state index is 14.4. The molecule has 1 aromatic carbocycles. The Hall–Kier alpha value is -4.46. The molecular formula is C36H45N5O8S. The summed E-state index contributed by atoms with van der Waals surface area (Å²) in [6.45, 7) is 9.32. The van der Waals surface area contributed by atoms with Crippen molar-refractivity contribution < 1.29 is 37.1 Å². The van der Waals surface area contributed by atoms with E-state index < -0.39 is 74.1 Å². The molecule has 1 aromatic heterocycles. The Labute approximate surface area is 292 Å². The third kappa shape index (κ3) is 7.49. The second-order valence-corrected chi connectivity index (χ2v) is 16.7. The molecule has 0 radical (unpaired) electrons. The van der Waals surface area contributed by atoms with Crippen LogP contribution in [0.15, 0.2) is 49.2 Å². The van der Waals surface area contributed by atoms with Gasteiger partial charge >= 0.3 is 6.09 Å². The Morgan fingerprint density at radius 1 is 1.16 bits per heavy atom. The number of pyridine rings is 1. The summed E-state index contributed by atoms with van der Waals surface area (Å²) < 4.78 is 39.3. The van der Waals surface area contributed by atoms with E-state index in [1.54, 1.807) is 27.0 Å². The molecule has 268 valence electrons. The van der Waals surface area contributed by atoms with Gasteiger partial charge in [0.25, 0.3) is 5.91 Å². The van der Waals surface area contributed by atoms with Crippen molar-refractivity contribution in [2.24, 2.45) is 11.3 Å². The van der Waals surface area contributed by atoms with Crippen LogP contribution < -0.4 is 20.1 Å². The summed E-state index contributed by atoms with van der Waals surface area (Å²) in [5.74, 6) is -2.17. The highest BCUT2D eigenvalue weighted by atomic mass is 32.2. The predicted octanol–water partition coefficient (Wildman–Crippen LogP) is 3.59. The van der Waals surface area contributed by atoms with Crippen molar-refractivity contribution in [3.05, 3.63) is 54.8 Å². The number of aromatic nitrogens is 1.